The lowest BCUT2D eigenvalue weighted by molar-refractivity contribution is 0.669. The fourth-order valence-corrected chi connectivity index (χ4v) is 4.10. The Morgan fingerprint density at radius 2 is 1.25 bits per heavy atom. The molecule has 2 heteroatoms. The second-order valence-corrected chi connectivity index (χ2v) is 7.81. The summed E-state index contributed by atoms with van der Waals surface area (Å²) in [5.41, 5.74) is 6.81. The highest BCUT2D eigenvalue weighted by atomic mass is 16.3. The molecule has 0 aliphatic rings. The number of nitrogens with zero attached hydrogens (tertiary/aromatic N) is 1. The van der Waals surface area contributed by atoms with Crippen molar-refractivity contribution in [3.63, 3.8) is 0 Å². The quantitative estimate of drug-likeness (QED) is 0.293. The second kappa shape index (κ2) is 7.82. The Hall–Kier alpha value is -4.17. The lowest BCUT2D eigenvalue weighted by Gasteiger charge is -2.06. The minimum atomic E-state index is -1.62. The predicted molar refractivity (Wildman–Crippen MR) is 132 cm³/mol. The maximum atomic E-state index is 8.71. The van der Waals surface area contributed by atoms with Gasteiger partial charge in [0.25, 0.3) is 0 Å². The summed E-state index contributed by atoms with van der Waals surface area (Å²) in [7, 11) is 0. The fraction of sp³-hybridized carbons (Fsp3) is 0.0333. The Balaban J connectivity index is 1.45. The Morgan fingerprint density at radius 3 is 2.00 bits per heavy atom. The highest BCUT2D eigenvalue weighted by Gasteiger charge is 2.11. The topological polar surface area (TPSA) is 26.0 Å². The molecule has 0 bridgehead atoms. The largest absolute Gasteiger partial charge is 0.456 e. The third-order valence-corrected chi connectivity index (χ3v) is 5.69. The average Bonchev–Trinajstić information content (AvgIpc) is 3.27. The van der Waals surface area contributed by atoms with E-state index < -0.39 is 6.37 Å². The van der Waals surface area contributed by atoms with Crippen LogP contribution < -0.4 is 0 Å². The molecule has 152 valence electrons. The van der Waals surface area contributed by atoms with Gasteiger partial charge in [-0.15, -0.1) is 0 Å². The maximum Gasteiger partial charge on any atom is 0.135 e. The maximum absolute atomic E-state index is 8.71. The zero-order valence-corrected chi connectivity index (χ0v) is 17.3. The van der Waals surface area contributed by atoms with Gasteiger partial charge < -0.3 is 4.42 Å². The van der Waals surface area contributed by atoms with E-state index in [9.17, 15) is 0 Å². The molecule has 0 aliphatic heterocycles. The molecule has 0 unspecified atom stereocenters. The van der Waals surface area contributed by atoms with E-state index in [0.29, 0.717) is 11.1 Å². The summed E-state index contributed by atoms with van der Waals surface area (Å²) >= 11 is 0. The van der Waals surface area contributed by atoms with Gasteiger partial charge in [0, 0.05) is 25.3 Å². The van der Waals surface area contributed by atoms with Crippen molar-refractivity contribution < 1.29 is 7.16 Å². The van der Waals surface area contributed by atoms with Crippen molar-refractivity contribution in [1.29, 1.82) is 0 Å². The number of aromatic nitrogens is 1. The summed E-state index contributed by atoms with van der Waals surface area (Å²) < 4.78 is 23.5. The van der Waals surface area contributed by atoms with Crippen LogP contribution in [0.4, 0.5) is 0 Å². The molecule has 0 spiro atoms. The van der Waals surface area contributed by atoms with Crippen molar-refractivity contribution in [3.8, 4) is 22.4 Å². The highest BCUT2D eigenvalue weighted by Crippen LogP contribution is 2.34. The number of pyridine rings is 1. The highest BCUT2D eigenvalue weighted by molar-refractivity contribution is 6.07. The smallest absolute Gasteiger partial charge is 0.135 e. The van der Waals surface area contributed by atoms with E-state index in [1.165, 1.54) is 0 Å². The SMILES string of the molecule is [2H]C([2H])(c1ccccc1)c1ccnc(-c2ccc3oc4ccc(-c5ccccc5)cc4c3c2)c1. The van der Waals surface area contributed by atoms with E-state index >= 15 is 0 Å². The monoisotopic (exact) mass is 413 g/mol. The minimum Gasteiger partial charge on any atom is -0.456 e. The van der Waals surface area contributed by atoms with Gasteiger partial charge in [-0.2, -0.15) is 0 Å². The van der Waals surface area contributed by atoms with Gasteiger partial charge in [-0.05, 0) is 71.1 Å². The first kappa shape index (κ1) is 16.5. The Morgan fingerprint density at radius 1 is 0.594 bits per heavy atom. The van der Waals surface area contributed by atoms with Crippen LogP contribution in [0.15, 0.2) is 120 Å². The van der Waals surface area contributed by atoms with Crippen molar-refractivity contribution in [2.45, 2.75) is 6.37 Å². The van der Waals surface area contributed by atoms with Crippen molar-refractivity contribution in [2.75, 3.05) is 0 Å². The van der Waals surface area contributed by atoms with Gasteiger partial charge in [-0.1, -0.05) is 66.7 Å². The van der Waals surface area contributed by atoms with Crippen LogP contribution in [0.1, 0.15) is 13.9 Å². The van der Waals surface area contributed by atoms with Gasteiger partial charge in [0.1, 0.15) is 11.2 Å². The van der Waals surface area contributed by atoms with Crippen LogP contribution in [0.3, 0.4) is 0 Å². The molecular formula is C30H21NO. The van der Waals surface area contributed by atoms with Crippen LogP contribution in [0, 0.1) is 0 Å². The molecule has 0 aliphatic carbocycles. The molecule has 0 saturated heterocycles. The number of benzene rings is 4. The lowest BCUT2D eigenvalue weighted by atomic mass is 10.0. The van der Waals surface area contributed by atoms with Gasteiger partial charge in [0.15, 0.2) is 0 Å². The van der Waals surface area contributed by atoms with Gasteiger partial charge in [-0.25, -0.2) is 0 Å². The van der Waals surface area contributed by atoms with Crippen molar-refractivity contribution in [1.82, 2.24) is 4.98 Å². The molecule has 0 fully saturated rings. The molecule has 6 aromatic rings. The number of furan rings is 1. The molecule has 32 heavy (non-hydrogen) atoms. The van der Waals surface area contributed by atoms with E-state index in [-0.39, 0.29) is 0 Å². The molecule has 0 saturated carbocycles. The minimum absolute atomic E-state index is 0.576. The first-order chi connectivity index (χ1) is 16.6. The van der Waals surface area contributed by atoms with Gasteiger partial charge in [0.05, 0.1) is 5.69 Å². The number of fused-ring (bicyclic) bond motifs is 3. The molecular weight excluding hydrogens is 390 g/mol. The van der Waals surface area contributed by atoms with Crippen LogP contribution in [0.5, 0.6) is 0 Å². The van der Waals surface area contributed by atoms with Crippen LogP contribution in [-0.2, 0) is 6.37 Å². The Labute approximate surface area is 189 Å². The van der Waals surface area contributed by atoms with Crippen LogP contribution in [-0.4, -0.2) is 4.98 Å². The summed E-state index contributed by atoms with van der Waals surface area (Å²) in [6.45, 7) is 0. The van der Waals surface area contributed by atoms with Gasteiger partial charge in [-0.3, -0.25) is 4.98 Å². The lowest BCUT2D eigenvalue weighted by Crippen LogP contribution is -1.91. The standard InChI is InChI=1S/C30H21NO/c1-3-7-21(8-4-1)17-22-15-16-31-28(18-22)25-12-14-30-27(20-25)26-19-24(11-13-29(26)32-30)23-9-5-2-6-10-23/h1-16,18-20H,17H2/i17D2. The number of hydrogen-bond acceptors (Lipinski definition) is 2. The Kier molecular flexibility index (Phi) is 4.04. The summed E-state index contributed by atoms with van der Waals surface area (Å²) in [4.78, 5) is 4.56. The van der Waals surface area contributed by atoms with Crippen molar-refractivity contribution in [2.24, 2.45) is 0 Å². The number of hydrogen-bond donors (Lipinski definition) is 0. The normalized spacial score (nSPS) is 12.6. The zero-order chi connectivity index (χ0) is 23.1. The molecule has 0 amide bonds. The summed E-state index contributed by atoms with van der Waals surface area (Å²) in [5, 5.41) is 2.07. The second-order valence-electron chi connectivity index (χ2n) is 7.81. The molecule has 2 aromatic heterocycles. The van der Waals surface area contributed by atoms with E-state index in [1.807, 2.05) is 72.8 Å². The van der Waals surface area contributed by atoms with Crippen molar-refractivity contribution in [3.05, 3.63) is 127 Å². The van der Waals surface area contributed by atoms with E-state index in [0.717, 1.165) is 44.3 Å². The molecule has 0 N–H and O–H groups in total. The van der Waals surface area contributed by atoms with Crippen LogP contribution in [0.2, 0.25) is 0 Å². The first-order valence-corrected chi connectivity index (χ1v) is 10.6. The van der Waals surface area contributed by atoms with E-state index in [2.05, 4.69) is 35.3 Å². The predicted octanol–water partition coefficient (Wildman–Crippen LogP) is 7.91. The first-order valence-electron chi connectivity index (χ1n) is 11.6. The van der Waals surface area contributed by atoms with E-state index in [4.69, 9.17) is 7.16 Å². The fourth-order valence-electron chi connectivity index (χ4n) is 4.10. The molecule has 6 rings (SSSR count). The molecule has 2 nitrogen and oxygen atoms in total. The third kappa shape index (κ3) is 3.46. The molecule has 0 atom stereocenters. The number of rotatable bonds is 4. The van der Waals surface area contributed by atoms with Gasteiger partial charge in [0.2, 0.25) is 0 Å². The van der Waals surface area contributed by atoms with Crippen molar-refractivity contribution >= 4 is 21.9 Å². The Bertz CT molecular complexity index is 1620. The molecule has 0 radical (unpaired) electrons. The summed E-state index contributed by atoms with van der Waals surface area (Å²) in [6, 6.07) is 35.4. The van der Waals surface area contributed by atoms with Crippen LogP contribution >= 0.6 is 0 Å². The average molecular weight is 414 g/mol. The summed E-state index contributed by atoms with van der Waals surface area (Å²) in [5.74, 6) is 0. The zero-order valence-electron chi connectivity index (χ0n) is 19.3. The van der Waals surface area contributed by atoms with E-state index in [1.54, 1.807) is 12.3 Å². The molecule has 4 aromatic carbocycles. The van der Waals surface area contributed by atoms with Gasteiger partial charge >= 0.3 is 0 Å². The van der Waals surface area contributed by atoms with Crippen LogP contribution in [0.25, 0.3) is 44.3 Å². The molecule has 2 heterocycles. The third-order valence-electron chi connectivity index (χ3n) is 5.69. The summed E-state index contributed by atoms with van der Waals surface area (Å²) in [6.07, 6.45) is 0.0621.